The topological polar surface area (TPSA) is 37.4 Å². The molecule has 0 aliphatic heterocycles. The monoisotopic (exact) mass is 387 g/mol. The molecule has 0 aromatic heterocycles. The number of benzene rings is 3. The molecule has 140 valence electrons. The normalized spacial score (nSPS) is 11.4. The van der Waals surface area contributed by atoms with Gasteiger partial charge in [-0.3, -0.25) is 4.31 Å². The first kappa shape index (κ1) is 19.0. The summed E-state index contributed by atoms with van der Waals surface area (Å²) in [5.74, 6) is -1.16. The smallest absolute Gasteiger partial charge is 0.262 e. The van der Waals surface area contributed by atoms with Crippen molar-refractivity contribution < 1.29 is 17.2 Å². The molecular weight excluding hydrogens is 368 g/mol. The van der Waals surface area contributed by atoms with Gasteiger partial charge in [0.2, 0.25) is 0 Å². The van der Waals surface area contributed by atoms with Gasteiger partial charge in [0.05, 0.1) is 17.1 Å². The first-order valence-electron chi connectivity index (χ1n) is 8.37. The van der Waals surface area contributed by atoms with Crippen LogP contribution in [0.5, 0.6) is 0 Å². The molecule has 3 aromatic carbocycles. The van der Waals surface area contributed by atoms with Gasteiger partial charge in [0.15, 0.2) is 0 Å². The zero-order chi connectivity index (χ0) is 19.6. The van der Waals surface area contributed by atoms with Crippen LogP contribution in [0.15, 0.2) is 71.6 Å². The van der Waals surface area contributed by atoms with Gasteiger partial charge in [-0.1, -0.05) is 42.0 Å². The molecule has 27 heavy (non-hydrogen) atoms. The highest BCUT2D eigenvalue weighted by molar-refractivity contribution is 7.92. The Bertz CT molecular complexity index is 1060. The Morgan fingerprint density at radius 3 is 2.22 bits per heavy atom. The van der Waals surface area contributed by atoms with E-state index in [1.165, 1.54) is 30.3 Å². The molecule has 0 saturated heterocycles. The van der Waals surface area contributed by atoms with E-state index in [0.29, 0.717) is 5.56 Å². The molecule has 0 N–H and O–H groups in total. The van der Waals surface area contributed by atoms with Crippen molar-refractivity contribution in [1.29, 1.82) is 0 Å². The lowest BCUT2D eigenvalue weighted by atomic mass is 10.1. The summed E-state index contributed by atoms with van der Waals surface area (Å²) in [4.78, 5) is -0.185. The summed E-state index contributed by atoms with van der Waals surface area (Å²) in [6.07, 6.45) is 0. The average Bonchev–Trinajstić information content (AvgIpc) is 2.63. The lowest BCUT2D eigenvalue weighted by molar-refractivity contribution is 0.585. The number of rotatable bonds is 5. The van der Waals surface area contributed by atoms with Crippen LogP contribution in [0.1, 0.15) is 16.7 Å². The maximum absolute atomic E-state index is 14.1. The Kier molecular flexibility index (Phi) is 5.28. The molecule has 0 bridgehead atoms. The van der Waals surface area contributed by atoms with Gasteiger partial charge in [-0.05, 0) is 55.3 Å². The fraction of sp³-hybridized carbons (Fsp3) is 0.143. The molecule has 0 heterocycles. The molecule has 0 amide bonds. The maximum atomic E-state index is 14.1. The average molecular weight is 387 g/mol. The summed E-state index contributed by atoms with van der Waals surface area (Å²) in [6, 6.07) is 16.4. The summed E-state index contributed by atoms with van der Waals surface area (Å²) in [5, 5.41) is 0. The van der Waals surface area contributed by atoms with Crippen molar-refractivity contribution in [3.8, 4) is 0 Å². The minimum Gasteiger partial charge on any atom is -0.262 e. The molecule has 0 fully saturated rings. The molecule has 0 saturated carbocycles. The first-order chi connectivity index (χ1) is 12.8. The first-order valence-corrected chi connectivity index (χ1v) is 9.81. The molecule has 6 heteroatoms. The molecule has 0 aliphatic rings. The third-order valence-electron chi connectivity index (χ3n) is 4.27. The van der Waals surface area contributed by atoms with Crippen molar-refractivity contribution in [2.75, 3.05) is 4.31 Å². The van der Waals surface area contributed by atoms with Gasteiger partial charge in [-0.25, -0.2) is 17.2 Å². The number of hydrogen-bond acceptors (Lipinski definition) is 2. The second kappa shape index (κ2) is 7.48. The number of nitrogens with zero attached hydrogens (tertiary/aromatic N) is 1. The molecule has 0 atom stereocenters. The number of aryl methyl sites for hydroxylation is 2. The van der Waals surface area contributed by atoms with E-state index < -0.39 is 21.7 Å². The van der Waals surface area contributed by atoms with Gasteiger partial charge in [0, 0.05) is 0 Å². The minimum atomic E-state index is -4.09. The summed E-state index contributed by atoms with van der Waals surface area (Å²) < 4.78 is 55.2. The highest BCUT2D eigenvalue weighted by Crippen LogP contribution is 2.28. The second-order valence-electron chi connectivity index (χ2n) is 6.39. The van der Waals surface area contributed by atoms with Crippen molar-refractivity contribution in [3.63, 3.8) is 0 Å². The zero-order valence-electron chi connectivity index (χ0n) is 15.0. The van der Waals surface area contributed by atoms with E-state index in [0.717, 1.165) is 21.5 Å². The standard InChI is InChI=1S/C21H19F2NO2S/c1-15-6-9-17(10-7-15)14-24(19-11-8-16(2)21(23)13-19)27(25,26)20-5-3-4-18(22)12-20/h3-13H,14H2,1-2H3. The van der Waals surface area contributed by atoms with E-state index in [2.05, 4.69) is 0 Å². The van der Waals surface area contributed by atoms with E-state index in [1.807, 2.05) is 31.2 Å². The van der Waals surface area contributed by atoms with E-state index in [1.54, 1.807) is 13.0 Å². The Morgan fingerprint density at radius 2 is 1.59 bits per heavy atom. The summed E-state index contributed by atoms with van der Waals surface area (Å²) in [6.45, 7) is 3.53. The van der Waals surface area contributed by atoms with Gasteiger partial charge in [-0.2, -0.15) is 0 Å². The molecule has 0 spiro atoms. The fourth-order valence-electron chi connectivity index (χ4n) is 2.67. The molecular formula is C21H19F2NO2S. The SMILES string of the molecule is Cc1ccc(CN(c2ccc(C)c(F)c2)S(=O)(=O)c2cccc(F)c2)cc1. The molecule has 0 aliphatic carbocycles. The van der Waals surface area contributed by atoms with Crippen molar-refractivity contribution in [3.05, 3.63) is 95.1 Å². The van der Waals surface area contributed by atoms with Crippen LogP contribution < -0.4 is 4.31 Å². The summed E-state index contributed by atoms with van der Waals surface area (Å²) >= 11 is 0. The Hall–Kier alpha value is -2.73. The Morgan fingerprint density at radius 1 is 0.889 bits per heavy atom. The van der Waals surface area contributed by atoms with Crippen LogP contribution in [-0.2, 0) is 16.6 Å². The molecule has 3 nitrogen and oxygen atoms in total. The van der Waals surface area contributed by atoms with Crippen LogP contribution in [0.4, 0.5) is 14.5 Å². The van der Waals surface area contributed by atoms with Crippen LogP contribution in [0.3, 0.4) is 0 Å². The minimum absolute atomic E-state index is 0.00161. The van der Waals surface area contributed by atoms with E-state index in [-0.39, 0.29) is 17.1 Å². The third kappa shape index (κ3) is 4.17. The van der Waals surface area contributed by atoms with Gasteiger partial charge in [-0.15, -0.1) is 0 Å². The summed E-state index contributed by atoms with van der Waals surface area (Å²) in [7, 11) is -4.09. The van der Waals surface area contributed by atoms with Crippen molar-refractivity contribution in [2.24, 2.45) is 0 Å². The van der Waals surface area contributed by atoms with Gasteiger partial charge >= 0.3 is 0 Å². The lowest BCUT2D eigenvalue weighted by Crippen LogP contribution is -2.30. The van der Waals surface area contributed by atoms with Crippen LogP contribution in [0, 0.1) is 25.5 Å². The van der Waals surface area contributed by atoms with Gasteiger partial charge in [0.25, 0.3) is 10.0 Å². The van der Waals surface area contributed by atoms with Gasteiger partial charge in [0.1, 0.15) is 11.6 Å². The number of anilines is 1. The van der Waals surface area contributed by atoms with Crippen LogP contribution in [0.2, 0.25) is 0 Å². The molecule has 3 aromatic rings. The highest BCUT2D eigenvalue weighted by atomic mass is 32.2. The molecule has 0 unspecified atom stereocenters. The summed E-state index contributed by atoms with van der Waals surface area (Å²) in [5.41, 5.74) is 2.38. The fourth-order valence-corrected chi connectivity index (χ4v) is 4.14. The number of halogens is 2. The number of sulfonamides is 1. The van der Waals surface area contributed by atoms with E-state index >= 15 is 0 Å². The highest BCUT2D eigenvalue weighted by Gasteiger charge is 2.26. The van der Waals surface area contributed by atoms with Crippen molar-refractivity contribution in [2.45, 2.75) is 25.3 Å². The predicted molar refractivity (Wildman–Crippen MR) is 102 cm³/mol. The third-order valence-corrected chi connectivity index (χ3v) is 6.04. The number of hydrogen-bond donors (Lipinski definition) is 0. The van der Waals surface area contributed by atoms with Crippen LogP contribution in [-0.4, -0.2) is 8.42 Å². The quantitative estimate of drug-likeness (QED) is 0.619. The van der Waals surface area contributed by atoms with Gasteiger partial charge < -0.3 is 0 Å². The molecule has 3 rings (SSSR count). The van der Waals surface area contributed by atoms with Crippen LogP contribution in [0.25, 0.3) is 0 Å². The Balaban J connectivity index is 2.11. The lowest BCUT2D eigenvalue weighted by Gasteiger charge is -2.25. The maximum Gasteiger partial charge on any atom is 0.264 e. The largest absolute Gasteiger partial charge is 0.264 e. The Labute approximate surface area is 157 Å². The van der Waals surface area contributed by atoms with Crippen molar-refractivity contribution >= 4 is 15.7 Å². The predicted octanol–water partition coefficient (Wildman–Crippen LogP) is 4.98. The molecule has 0 radical (unpaired) electrons. The van der Waals surface area contributed by atoms with Crippen molar-refractivity contribution in [1.82, 2.24) is 0 Å². The van der Waals surface area contributed by atoms with Crippen LogP contribution >= 0.6 is 0 Å². The van der Waals surface area contributed by atoms with E-state index in [4.69, 9.17) is 0 Å². The zero-order valence-corrected chi connectivity index (χ0v) is 15.8. The van der Waals surface area contributed by atoms with E-state index in [9.17, 15) is 17.2 Å². The second-order valence-corrected chi connectivity index (χ2v) is 8.25.